The number of hydrogen-bond donors (Lipinski definition) is 0. The van der Waals surface area contributed by atoms with E-state index in [0.29, 0.717) is 0 Å². The quantitative estimate of drug-likeness (QED) is 0.422. The Morgan fingerprint density at radius 3 is 1.15 bits per heavy atom. The second-order valence-electron chi connectivity index (χ2n) is 9.54. The van der Waals surface area contributed by atoms with Gasteiger partial charge in [-0.25, -0.2) is 0 Å². The van der Waals surface area contributed by atoms with Crippen molar-refractivity contribution in [2.24, 2.45) is 35.5 Å². The zero-order valence-corrected chi connectivity index (χ0v) is 17.3. The second-order valence-corrected chi connectivity index (χ2v) is 9.54. The van der Waals surface area contributed by atoms with Crippen molar-refractivity contribution in [3.05, 3.63) is 37.0 Å². The molecule has 0 nitrogen and oxygen atoms in total. The lowest BCUT2D eigenvalue weighted by molar-refractivity contribution is 0.301. The van der Waals surface area contributed by atoms with Crippen molar-refractivity contribution in [3.8, 4) is 0 Å². The van der Waals surface area contributed by atoms with E-state index in [2.05, 4.69) is 43.9 Å². The molecule has 0 N–H and O–H groups in total. The maximum atomic E-state index is 3.96. The molecule has 0 aromatic heterocycles. The van der Waals surface area contributed by atoms with Crippen molar-refractivity contribution in [1.82, 2.24) is 0 Å². The Kier molecular flexibility index (Phi) is 8.08. The second kappa shape index (κ2) is 10.5. The zero-order valence-electron chi connectivity index (χ0n) is 17.3. The summed E-state index contributed by atoms with van der Waals surface area (Å²) in [5, 5.41) is 0. The highest BCUT2D eigenvalue weighted by Crippen LogP contribution is 2.35. The van der Waals surface area contributed by atoms with Gasteiger partial charge in [-0.05, 0) is 113 Å². The Bertz CT molecular complexity index is 446. The van der Waals surface area contributed by atoms with Gasteiger partial charge in [-0.15, -0.1) is 6.58 Å². The molecule has 3 aliphatic rings. The summed E-state index contributed by atoms with van der Waals surface area (Å²) in [6.07, 6.45) is 30.9. The summed E-state index contributed by atoms with van der Waals surface area (Å²) in [5.41, 5.74) is 0. The molecule has 0 amide bonds. The minimum absolute atomic E-state index is 0.791. The summed E-state index contributed by atoms with van der Waals surface area (Å²) in [7, 11) is 0. The predicted octanol–water partition coefficient (Wildman–Crippen LogP) is 8.11. The molecule has 26 heavy (non-hydrogen) atoms. The van der Waals surface area contributed by atoms with Crippen LogP contribution in [-0.4, -0.2) is 0 Å². The van der Waals surface area contributed by atoms with Gasteiger partial charge in [0.1, 0.15) is 0 Å². The number of hydrogen-bond acceptors (Lipinski definition) is 0. The van der Waals surface area contributed by atoms with Gasteiger partial charge in [-0.1, -0.05) is 43.7 Å². The van der Waals surface area contributed by atoms with E-state index < -0.39 is 0 Å². The first kappa shape index (κ1) is 20.0. The molecule has 3 aliphatic carbocycles. The predicted molar refractivity (Wildman–Crippen MR) is 115 cm³/mol. The SMILES string of the molecule is C=CC1CCC(/C=C/C2CCC(/C=C/C3CCC(CC)CC3)CC2)CC1. The van der Waals surface area contributed by atoms with E-state index in [0.717, 1.165) is 35.5 Å². The molecule has 0 aliphatic heterocycles. The Morgan fingerprint density at radius 1 is 0.538 bits per heavy atom. The molecule has 0 atom stereocenters. The molecule has 3 rings (SSSR count). The molecule has 0 aromatic rings. The first-order valence-corrected chi connectivity index (χ1v) is 11.8. The molecular formula is C26H42. The van der Waals surface area contributed by atoms with E-state index in [4.69, 9.17) is 0 Å². The molecule has 0 spiro atoms. The summed E-state index contributed by atoms with van der Waals surface area (Å²) in [5.74, 6) is 5.28. The monoisotopic (exact) mass is 354 g/mol. The molecule has 0 unspecified atom stereocenters. The van der Waals surface area contributed by atoms with Crippen LogP contribution >= 0.6 is 0 Å². The number of rotatable bonds is 6. The molecular weight excluding hydrogens is 312 g/mol. The van der Waals surface area contributed by atoms with Crippen molar-refractivity contribution < 1.29 is 0 Å². The van der Waals surface area contributed by atoms with Crippen LogP contribution in [0.4, 0.5) is 0 Å². The van der Waals surface area contributed by atoms with Crippen molar-refractivity contribution in [2.75, 3.05) is 0 Å². The fourth-order valence-electron chi connectivity index (χ4n) is 5.52. The maximum Gasteiger partial charge on any atom is -0.0233 e. The zero-order chi connectivity index (χ0) is 18.2. The molecule has 0 aromatic carbocycles. The van der Waals surface area contributed by atoms with Crippen LogP contribution in [0, 0.1) is 35.5 Å². The lowest BCUT2D eigenvalue weighted by Crippen LogP contribution is -2.15. The Balaban J connectivity index is 1.33. The Labute approximate surface area is 163 Å². The van der Waals surface area contributed by atoms with Gasteiger partial charge in [-0.2, -0.15) is 0 Å². The van der Waals surface area contributed by atoms with Crippen LogP contribution in [0.1, 0.15) is 90.4 Å². The van der Waals surface area contributed by atoms with Gasteiger partial charge < -0.3 is 0 Å². The average Bonchev–Trinajstić information content (AvgIpc) is 2.72. The molecule has 3 saturated carbocycles. The van der Waals surface area contributed by atoms with Crippen molar-refractivity contribution in [2.45, 2.75) is 90.4 Å². The first-order chi connectivity index (χ1) is 12.8. The van der Waals surface area contributed by atoms with Crippen LogP contribution < -0.4 is 0 Å². The number of allylic oxidation sites excluding steroid dienone is 5. The first-order valence-electron chi connectivity index (χ1n) is 11.8. The largest absolute Gasteiger partial charge is 0.103 e. The summed E-state index contributed by atoms with van der Waals surface area (Å²) in [4.78, 5) is 0. The van der Waals surface area contributed by atoms with E-state index in [1.54, 1.807) is 0 Å². The third-order valence-corrected chi connectivity index (χ3v) is 7.75. The minimum atomic E-state index is 0.791. The van der Waals surface area contributed by atoms with E-state index in [1.165, 1.54) is 83.5 Å². The van der Waals surface area contributed by atoms with Crippen LogP contribution in [0.25, 0.3) is 0 Å². The Hall–Kier alpha value is -0.780. The van der Waals surface area contributed by atoms with Crippen molar-refractivity contribution in [3.63, 3.8) is 0 Å². The van der Waals surface area contributed by atoms with Crippen molar-refractivity contribution >= 4 is 0 Å². The van der Waals surface area contributed by atoms with Crippen LogP contribution in [-0.2, 0) is 0 Å². The van der Waals surface area contributed by atoms with E-state index in [-0.39, 0.29) is 0 Å². The molecule has 0 saturated heterocycles. The van der Waals surface area contributed by atoms with Gasteiger partial charge in [0.15, 0.2) is 0 Å². The van der Waals surface area contributed by atoms with Crippen LogP contribution in [0.3, 0.4) is 0 Å². The van der Waals surface area contributed by atoms with E-state index >= 15 is 0 Å². The molecule has 3 fully saturated rings. The minimum Gasteiger partial charge on any atom is -0.103 e. The van der Waals surface area contributed by atoms with Crippen LogP contribution in [0.5, 0.6) is 0 Å². The fourth-order valence-corrected chi connectivity index (χ4v) is 5.52. The van der Waals surface area contributed by atoms with Gasteiger partial charge in [-0.3, -0.25) is 0 Å². The standard InChI is InChI=1S/C26H42/c1-3-21-5-9-23(10-6-21)13-15-25-17-19-26(20-18-25)16-14-24-11-7-22(4-2)8-12-24/h3,13-16,21-26H,1,4-12,17-20H2,2H3/b15-13+,16-14+. The normalized spacial score (nSPS) is 39.4. The Morgan fingerprint density at radius 2 is 0.846 bits per heavy atom. The maximum absolute atomic E-state index is 3.96. The summed E-state index contributed by atoms with van der Waals surface area (Å²) >= 11 is 0. The van der Waals surface area contributed by atoms with Gasteiger partial charge in [0.05, 0.1) is 0 Å². The molecule has 0 bridgehead atoms. The van der Waals surface area contributed by atoms with Crippen molar-refractivity contribution in [1.29, 1.82) is 0 Å². The van der Waals surface area contributed by atoms with Gasteiger partial charge in [0.2, 0.25) is 0 Å². The van der Waals surface area contributed by atoms with E-state index in [1.807, 2.05) is 0 Å². The molecule has 0 heteroatoms. The van der Waals surface area contributed by atoms with Gasteiger partial charge in [0.25, 0.3) is 0 Å². The van der Waals surface area contributed by atoms with Crippen LogP contribution in [0.15, 0.2) is 37.0 Å². The van der Waals surface area contributed by atoms with Gasteiger partial charge in [0, 0.05) is 0 Å². The topological polar surface area (TPSA) is 0 Å². The van der Waals surface area contributed by atoms with Crippen LogP contribution in [0.2, 0.25) is 0 Å². The highest BCUT2D eigenvalue weighted by molar-refractivity contribution is 5.01. The third-order valence-electron chi connectivity index (χ3n) is 7.75. The molecule has 0 radical (unpaired) electrons. The third kappa shape index (κ3) is 6.14. The fraction of sp³-hybridized carbons (Fsp3) is 0.769. The summed E-state index contributed by atoms with van der Waals surface area (Å²) < 4.78 is 0. The van der Waals surface area contributed by atoms with E-state index in [9.17, 15) is 0 Å². The summed E-state index contributed by atoms with van der Waals surface area (Å²) in [6, 6.07) is 0. The average molecular weight is 355 g/mol. The highest BCUT2D eigenvalue weighted by atomic mass is 14.3. The lowest BCUT2D eigenvalue weighted by Gasteiger charge is -2.28. The lowest BCUT2D eigenvalue weighted by atomic mass is 9.78. The smallest absolute Gasteiger partial charge is 0.0233 e. The molecule has 0 heterocycles. The summed E-state index contributed by atoms with van der Waals surface area (Å²) in [6.45, 7) is 6.33. The highest BCUT2D eigenvalue weighted by Gasteiger charge is 2.21. The van der Waals surface area contributed by atoms with Gasteiger partial charge >= 0.3 is 0 Å². The molecule has 146 valence electrons.